The van der Waals surface area contributed by atoms with Crippen molar-refractivity contribution >= 4 is 11.8 Å². The fourth-order valence-corrected chi connectivity index (χ4v) is 4.28. The first kappa shape index (κ1) is 18.8. The van der Waals surface area contributed by atoms with Crippen molar-refractivity contribution < 1.29 is 23.8 Å². The summed E-state index contributed by atoms with van der Waals surface area (Å²) in [6.45, 7) is 2.34. The lowest BCUT2D eigenvalue weighted by Gasteiger charge is -2.34. The first-order valence-electron chi connectivity index (χ1n) is 10.1. The third-order valence-corrected chi connectivity index (χ3v) is 6.03. The van der Waals surface area contributed by atoms with Crippen molar-refractivity contribution in [1.82, 2.24) is 19.6 Å². The molecule has 1 aromatic carbocycles. The number of nitrogens with zero attached hydrogens (tertiary/aromatic N) is 4. The summed E-state index contributed by atoms with van der Waals surface area (Å²) in [4.78, 5) is 29.4. The van der Waals surface area contributed by atoms with Crippen molar-refractivity contribution in [2.75, 3.05) is 40.1 Å². The van der Waals surface area contributed by atoms with Gasteiger partial charge in [-0.25, -0.2) is 0 Å². The molecule has 2 aromatic rings. The van der Waals surface area contributed by atoms with Crippen molar-refractivity contribution in [3.8, 4) is 17.4 Å². The second-order valence-electron chi connectivity index (χ2n) is 7.90. The highest BCUT2D eigenvalue weighted by Gasteiger charge is 2.46. The number of ether oxygens (including phenoxy) is 3. The predicted octanol–water partition coefficient (Wildman–Crippen LogP) is 1.25. The molecule has 0 N–H and O–H groups in total. The summed E-state index contributed by atoms with van der Waals surface area (Å²) >= 11 is 0. The van der Waals surface area contributed by atoms with Gasteiger partial charge in [0.1, 0.15) is 5.56 Å². The fourth-order valence-electron chi connectivity index (χ4n) is 4.28. The molecule has 9 nitrogen and oxygen atoms in total. The van der Waals surface area contributed by atoms with Gasteiger partial charge in [-0.2, -0.15) is 0 Å². The molecule has 5 rings (SSSR count). The van der Waals surface area contributed by atoms with E-state index in [9.17, 15) is 9.59 Å². The molecule has 1 aliphatic carbocycles. The molecule has 3 heterocycles. The minimum absolute atomic E-state index is 0.00559. The Balaban J connectivity index is 1.18. The number of carbonyl (C=O) groups excluding carboxylic acids is 2. The number of amides is 2. The lowest BCUT2D eigenvalue weighted by Crippen LogP contribution is -2.51. The minimum atomic E-state index is -0.114. The minimum Gasteiger partial charge on any atom is -0.479 e. The summed E-state index contributed by atoms with van der Waals surface area (Å²) < 4.78 is 17.6. The molecule has 0 bridgehead atoms. The number of aryl methyl sites for hydroxylation is 1. The smallest absolute Gasteiger partial charge is 0.261 e. The van der Waals surface area contributed by atoms with Crippen LogP contribution in [0.1, 0.15) is 28.3 Å². The van der Waals surface area contributed by atoms with Crippen molar-refractivity contribution in [2.24, 2.45) is 13.0 Å². The first-order valence-corrected chi connectivity index (χ1v) is 10.1. The molecule has 30 heavy (non-hydrogen) atoms. The Bertz CT molecular complexity index is 995. The number of carbonyl (C=O) groups is 2. The molecule has 0 spiro atoms. The Morgan fingerprint density at radius 2 is 1.83 bits per heavy atom. The van der Waals surface area contributed by atoms with Gasteiger partial charge in [-0.05, 0) is 30.0 Å². The van der Waals surface area contributed by atoms with E-state index < -0.39 is 0 Å². The lowest BCUT2D eigenvalue weighted by atomic mass is 10.1. The Morgan fingerprint density at radius 3 is 2.60 bits per heavy atom. The summed E-state index contributed by atoms with van der Waals surface area (Å²) in [6.07, 6.45) is 2.52. The van der Waals surface area contributed by atoms with Crippen LogP contribution in [0.15, 0.2) is 24.4 Å². The molecule has 2 atom stereocenters. The molecule has 0 radical (unpaired) electrons. The van der Waals surface area contributed by atoms with E-state index in [1.165, 1.54) is 7.11 Å². The van der Waals surface area contributed by atoms with E-state index in [-0.39, 0.29) is 30.4 Å². The van der Waals surface area contributed by atoms with Crippen LogP contribution in [0.25, 0.3) is 0 Å². The van der Waals surface area contributed by atoms with Crippen molar-refractivity contribution in [1.29, 1.82) is 0 Å². The van der Waals surface area contributed by atoms with Crippen LogP contribution in [-0.4, -0.2) is 71.5 Å². The third kappa shape index (κ3) is 3.24. The van der Waals surface area contributed by atoms with E-state index in [4.69, 9.17) is 14.2 Å². The monoisotopic (exact) mass is 412 g/mol. The van der Waals surface area contributed by atoms with Gasteiger partial charge in [0.15, 0.2) is 11.5 Å². The largest absolute Gasteiger partial charge is 0.479 e. The van der Waals surface area contributed by atoms with Crippen LogP contribution in [0.5, 0.6) is 17.4 Å². The molecule has 9 heteroatoms. The van der Waals surface area contributed by atoms with Crippen molar-refractivity contribution in [3.63, 3.8) is 0 Å². The first-order chi connectivity index (χ1) is 14.5. The molecule has 2 amide bonds. The summed E-state index contributed by atoms with van der Waals surface area (Å²) in [5.41, 5.74) is 1.57. The van der Waals surface area contributed by atoms with E-state index in [1.807, 2.05) is 23.1 Å². The van der Waals surface area contributed by atoms with Crippen LogP contribution in [0.2, 0.25) is 0 Å². The van der Waals surface area contributed by atoms with Crippen LogP contribution in [-0.2, 0) is 11.8 Å². The second kappa shape index (κ2) is 7.23. The number of methoxy groups -OCH3 is 1. The quantitative estimate of drug-likeness (QED) is 0.751. The SMILES string of the molecule is COc1nn(C)cc1C(=O)N1CCN(C(=O)C2CC2c2ccc3c(c2)OCO3)CC1. The Morgan fingerprint density at radius 1 is 1.10 bits per heavy atom. The number of aromatic nitrogens is 2. The molecular formula is C21H24N4O5. The van der Waals surface area contributed by atoms with Gasteiger partial charge in [-0.3, -0.25) is 14.3 Å². The molecular weight excluding hydrogens is 388 g/mol. The Hall–Kier alpha value is -3.23. The maximum Gasteiger partial charge on any atom is 0.261 e. The summed E-state index contributed by atoms with van der Waals surface area (Å²) in [6, 6.07) is 5.91. The van der Waals surface area contributed by atoms with Gasteiger partial charge in [0.2, 0.25) is 18.6 Å². The fraction of sp³-hybridized carbons (Fsp3) is 0.476. The van der Waals surface area contributed by atoms with E-state index in [1.54, 1.807) is 22.8 Å². The molecule has 1 saturated heterocycles. The third-order valence-electron chi connectivity index (χ3n) is 6.03. The maximum atomic E-state index is 13.0. The highest BCUT2D eigenvalue weighted by atomic mass is 16.7. The van der Waals surface area contributed by atoms with Crippen LogP contribution in [0, 0.1) is 5.92 Å². The summed E-state index contributed by atoms with van der Waals surface area (Å²) in [7, 11) is 3.25. The average molecular weight is 412 g/mol. The van der Waals surface area contributed by atoms with Crippen LogP contribution >= 0.6 is 0 Å². The zero-order valence-electron chi connectivity index (χ0n) is 17.0. The second-order valence-corrected chi connectivity index (χ2v) is 7.90. The Kier molecular flexibility index (Phi) is 4.52. The number of hydrogen-bond donors (Lipinski definition) is 0. The summed E-state index contributed by atoms with van der Waals surface area (Å²) in [5, 5.41) is 4.14. The standard InChI is InChI=1S/C21H24N4O5/c1-23-11-16(19(22-23)28-2)21(27)25-7-5-24(6-8-25)20(26)15-10-14(15)13-3-4-17-18(9-13)30-12-29-17/h3-4,9,11,14-15H,5-8,10,12H2,1-2H3. The van der Waals surface area contributed by atoms with E-state index in [0.717, 1.165) is 23.5 Å². The average Bonchev–Trinajstić information content (AvgIpc) is 3.26. The highest BCUT2D eigenvalue weighted by Crippen LogP contribution is 2.50. The van der Waals surface area contributed by atoms with Gasteiger partial charge in [-0.1, -0.05) is 6.07 Å². The van der Waals surface area contributed by atoms with Crippen molar-refractivity contribution in [3.05, 3.63) is 35.5 Å². The van der Waals surface area contributed by atoms with Gasteiger partial charge in [0.25, 0.3) is 5.91 Å². The van der Waals surface area contributed by atoms with Crippen LogP contribution in [0.4, 0.5) is 0 Å². The predicted molar refractivity (Wildman–Crippen MR) is 106 cm³/mol. The Labute approximate surface area is 174 Å². The number of piperazine rings is 1. The van der Waals surface area contributed by atoms with Crippen LogP contribution < -0.4 is 14.2 Å². The van der Waals surface area contributed by atoms with Gasteiger partial charge < -0.3 is 24.0 Å². The molecule has 3 aliphatic rings. The number of hydrogen-bond acceptors (Lipinski definition) is 6. The molecule has 2 aliphatic heterocycles. The van der Waals surface area contributed by atoms with Crippen LogP contribution in [0.3, 0.4) is 0 Å². The molecule has 1 saturated carbocycles. The summed E-state index contributed by atoms with van der Waals surface area (Å²) in [5.74, 6) is 2.13. The maximum absolute atomic E-state index is 13.0. The molecule has 2 fully saturated rings. The van der Waals surface area contributed by atoms with Gasteiger partial charge in [0, 0.05) is 45.3 Å². The van der Waals surface area contributed by atoms with Gasteiger partial charge in [-0.15, -0.1) is 5.10 Å². The van der Waals surface area contributed by atoms with E-state index in [0.29, 0.717) is 37.6 Å². The van der Waals surface area contributed by atoms with Crippen molar-refractivity contribution in [2.45, 2.75) is 12.3 Å². The number of rotatable bonds is 4. The van der Waals surface area contributed by atoms with Gasteiger partial charge in [0.05, 0.1) is 7.11 Å². The molecule has 2 unspecified atom stereocenters. The number of benzene rings is 1. The molecule has 1 aromatic heterocycles. The van der Waals surface area contributed by atoms with E-state index >= 15 is 0 Å². The van der Waals surface area contributed by atoms with E-state index in [2.05, 4.69) is 5.10 Å². The van der Waals surface area contributed by atoms with Gasteiger partial charge >= 0.3 is 0 Å². The lowest BCUT2D eigenvalue weighted by molar-refractivity contribution is -0.134. The molecule has 158 valence electrons. The zero-order valence-corrected chi connectivity index (χ0v) is 17.0. The zero-order chi connectivity index (χ0) is 20.8. The number of fused-ring (bicyclic) bond motifs is 1. The normalized spacial score (nSPS) is 22.2. The topological polar surface area (TPSA) is 86.1 Å². The highest BCUT2D eigenvalue weighted by molar-refractivity contribution is 5.96.